The van der Waals surface area contributed by atoms with E-state index in [0.29, 0.717) is 0 Å². The number of aryl methyl sites for hydroxylation is 1. The molecule has 1 aromatic carbocycles. The SMILES string of the molecule is C=CC(O)c1cc(C)cc(I)c1. The summed E-state index contributed by atoms with van der Waals surface area (Å²) in [5.74, 6) is 0. The largest absolute Gasteiger partial charge is 0.384 e. The molecule has 0 bridgehead atoms. The summed E-state index contributed by atoms with van der Waals surface area (Å²) >= 11 is 2.24. The van der Waals surface area contributed by atoms with Crippen molar-refractivity contribution in [2.45, 2.75) is 13.0 Å². The van der Waals surface area contributed by atoms with Crippen molar-refractivity contribution in [3.63, 3.8) is 0 Å². The number of rotatable bonds is 2. The zero-order valence-corrected chi connectivity index (χ0v) is 9.08. The third-order valence-corrected chi connectivity index (χ3v) is 2.25. The summed E-state index contributed by atoms with van der Waals surface area (Å²) in [5.41, 5.74) is 2.08. The van der Waals surface area contributed by atoms with E-state index in [2.05, 4.69) is 35.2 Å². The standard InChI is InChI=1S/C10H11IO/c1-3-10(12)8-4-7(2)5-9(11)6-8/h3-6,10,12H,1H2,2H3. The highest BCUT2D eigenvalue weighted by Gasteiger charge is 2.03. The van der Waals surface area contributed by atoms with Crippen LogP contribution in [0.4, 0.5) is 0 Å². The Morgan fingerprint density at radius 3 is 2.67 bits per heavy atom. The van der Waals surface area contributed by atoms with Gasteiger partial charge in [-0.3, -0.25) is 0 Å². The van der Waals surface area contributed by atoms with Crippen LogP contribution in [0.5, 0.6) is 0 Å². The summed E-state index contributed by atoms with van der Waals surface area (Å²) < 4.78 is 1.14. The Kier molecular flexibility index (Phi) is 3.29. The van der Waals surface area contributed by atoms with E-state index in [1.807, 2.05) is 19.1 Å². The van der Waals surface area contributed by atoms with Crippen molar-refractivity contribution in [2.75, 3.05) is 0 Å². The third-order valence-electron chi connectivity index (χ3n) is 1.63. The lowest BCUT2D eigenvalue weighted by atomic mass is 10.1. The Hall–Kier alpha value is -0.350. The second-order valence-electron chi connectivity index (χ2n) is 2.74. The average Bonchev–Trinajstić information content (AvgIpc) is 2.01. The molecule has 0 saturated carbocycles. The quantitative estimate of drug-likeness (QED) is 0.649. The van der Waals surface area contributed by atoms with E-state index in [4.69, 9.17) is 0 Å². The van der Waals surface area contributed by atoms with Gasteiger partial charge >= 0.3 is 0 Å². The Morgan fingerprint density at radius 2 is 2.17 bits per heavy atom. The van der Waals surface area contributed by atoms with E-state index in [9.17, 15) is 5.11 Å². The van der Waals surface area contributed by atoms with Gasteiger partial charge in [-0.25, -0.2) is 0 Å². The van der Waals surface area contributed by atoms with Crippen LogP contribution in [0.3, 0.4) is 0 Å². The Balaban J connectivity index is 3.08. The summed E-state index contributed by atoms with van der Waals surface area (Å²) in [6, 6.07) is 5.99. The van der Waals surface area contributed by atoms with Crippen LogP contribution in [0.25, 0.3) is 0 Å². The van der Waals surface area contributed by atoms with Crippen molar-refractivity contribution < 1.29 is 5.11 Å². The fourth-order valence-electron chi connectivity index (χ4n) is 1.07. The number of hydrogen-bond donors (Lipinski definition) is 1. The van der Waals surface area contributed by atoms with Gasteiger partial charge in [0, 0.05) is 3.57 Å². The molecular weight excluding hydrogens is 263 g/mol. The van der Waals surface area contributed by atoms with Crippen LogP contribution in [-0.4, -0.2) is 5.11 Å². The zero-order chi connectivity index (χ0) is 9.14. The average molecular weight is 274 g/mol. The minimum Gasteiger partial charge on any atom is -0.384 e. The molecule has 1 nitrogen and oxygen atoms in total. The normalized spacial score (nSPS) is 12.6. The molecule has 0 fully saturated rings. The van der Waals surface area contributed by atoms with E-state index >= 15 is 0 Å². The monoisotopic (exact) mass is 274 g/mol. The van der Waals surface area contributed by atoms with Crippen LogP contribution < -0.4 is 0 Å². The van der Waals surface area contributed by atoms with E-state index in [-0.39, 0.29) is 0 Å². The number of benzene rings is 1. The molecule has 1 aromatic rings. The van der Waals surface area contributed by atoms with Crippen molar-refractivity contribution in [2.24, 2.45) is 0 Å². The van der Waals surface area contributed by atoms with Crippen molar-refractivity contribution in [3.8, 4) is 0 Å². The molecule has 2 heteroatoms. The second-order valence-corrected chi connectivity index (χ2v) is 3.99. The van der Waals surface area contributed by atoms with E-state index in [0.717, 1.165) is 14.7 Å². The third kappa shape index (κ3) is 2.32. The molecule has 0 saturated heterocycles. The molecule has 1 N–H and O–H groups in total. The lowest BCUT2D eigenvalue weighted by Crippen LogP contribution is -1.93. The van der Waals surface area contributed by atoms with Crippen LogP contribution in [-0.2, 0) is 0 Å². The summed E-state index contributed by atoms with van der Waals surface area (Å²) in [7, 11) is 0. The molecule has 0 spiro atoms. The van der Waals surface area contributed by atoms with E-state index < -0.39 is 6.10 Å². The van der Waals surface area contributed by atoms with Crippen molar-refractivity contribution in [1.82, 2.24) is 0 Å². The first-order chi connectivity index (χ1) is 5.63. The van der Waals surface area contributed by atoms with Gasteiger partial charge in [-0.15, -0.1) is 6.58 Å². The topological polar surface area (TPSA) is 20.2 Å². The molecule has 1 unspecified atom stereocenters. The molecule has 0 amide bonds. The van der Waals surface area contributed by atoms with Crippen molar-refractivity contribution in [1.29, 1.82) is 0 Å². The van der Waals surface area contributed by atoms with Crippen LogP contribution >= 0.6 is 22.6 Å². The molecular formula is C10H11IO. The predicted octanol–water partition coefficient (Wildman–Crippen LogP) is 2.82. The van der Waals surface area contributed by atoms with Crippen molar-refractivity contribution >= 4 is 22.6 Å². The fourth-order valence-corrected chi connectivity index (χ4v) is 1.92. The highest BCUT2D eigenvalue weighted by Crippen LogP contribution is 2.18. The molecule has 0 aromatic heterocycles. The van der Waals surface area contributed by atoms with E-state index in [1.165, 1.54) is 6.08 Å². The minimum absolute atomic E-state index is 0.543. The van der Waals surface area contributed by atoms with E-state index in [1.54, 1.807) is 0 Å². The number of hydrogen-bond acceptors (Lipinski definition) is 1. The van der Waals surface area contributed by atoms with Gasteiger partial charge in [-0.05, 0) is 52.8 Å². The molecule has 12 heavy (non-hydrogen) atoms. The molecule has 0 aliphatic rings. The van der Waals surface area contributed by atoms with Crippen LogP contribution in [0.1, 0.15) is 17.2 Å². The van der Waals surface area contributed by atoms with Crippen LogP contribution in [0, 0.1) is 10.5 Å². The Morgan fingerprint density at radius 1 is 1.50 bits per heavy atom. The van der Waals surface area contributed by atoms with Gasteiger partial charge in [0.1, 0.15) is 0 Å². The number of halogens is 1. The van der Waals surface area contributed by atoms with Crippen LogP contribution in [0.15, 0.2) is 30.9 Å². The summed E-state index contributed by atoms with van der Waals surface area (Å²) in [5, 5.41) is 9.46. The Labute approximate surface area is 86.3 Å². The minimum atomic E-state index is -0.543. The van der Waals surface area contributed by atoms with Crippen LogP contribution in [0.2, 0.25) is 0 Å². The first-order valence-corrected chi connectivity index (χ1v) is 4.79. The molecule has 64 valence electrons. The van der Waals surface area contributed by atoms with Gasteiger partial charge in [0.25, 0.3) is 0 Å². The van der Waals surface area contributed by atoms with Gasteiger partial charge in [-0.2, -0.15) is 0 Å². The molecule has 1 rings (SSSR count). The smallest absolute Gasteiger partial charge is 0.0969 e. The second kappa shape index (κ2) is 4.05. The first-order valence-electron chi connectivity index (χ1n) is 3.71. The Bertz CT molecular complexity index is 274. The molecule has 0 aliphatic heterocycles. The lowest BCUT2D eigenvalue weighted by molar-refractivity contribution is 0.229. The lowest BCUT2D eigenvalue weighted by Gasteiger charge is -2.06. The molecule has 1 atom stereocenters. The summed E-state index contributed by atoms with van der Waals surface area (Å²) in [6.45, 7) is 5.56. The number of aliphatic hydroxyl groups is 1. The summed E-state index contributed by atoms with van der Waals surface area (Å²) in [4.78, 5) is 0. The van der Waals surface area contributed by atoms with Gasteiger partial charge in [0.15, 0.2) is 0 Å². The maximum atomic E-state index is 9.46. The summed E-state index contributed by atoms with van der Waals surface area (Å²) in [6.07, 6.45) is 0.989. The van der Waals surface area contributed by atoms with Gasteiger partial charge < -0.3 is 5.11 Å². The first kappa shape index (κ1) is 9.74. The maximum absolute atomic E-state index is 9.46. The van der Waals surface area contributed by atoms with Gasteiger partial charge in [0.05, 0.1) is 6.10 Å². The number of aliphatic hydroxyl groups excluding tert-OH is 1. The van der Waals surface area contributed by atoms with Crippen molar-refractivity contribution in [3.05, 3.63) is 45.6 Å². The highest BCUT2D eigenvalue weighted by atomic mass is 127. The van der Waals surface area contributed by atoms with Gasteiger partial charge in [0.2, 0.25) is 0 Å². The van der Waals surface area contributed by atoms with Gasteiger partial charge in [-0.1, -0.05) is 12.1 Å². The maximum Gasteiger partial charge on any atom is 0.0969 e. The zero-order valence-electron chi connectivity index (χ0n) is 6.92. The predicted molar refractivity (Wildman–Crippen MR) is 59.1 cm³/mol. The highest BCUT2D eigenvalue weighted by molar-refractivity contribution is 14.1. The molecule has 0 radical (unpaired) electrons. The fraction of sp³-hybridized carbons (Fsp3) is 0.200. The molecule has 0 heterocycles. The molecule has 0 aliphatic carbocycles.